The van der Waals surface area contributed by atoms with Gasteiger partial charge in [0.1, 0.15) is 18.5 Å². The zero-order valence-corrected chi connectivity index (χ0v) is 30.4. The number of carbonyl (C=O) groups excluding carboxylic acids is 2. The van der Waals surface area contributed by atoms with Crippen molar-refractivity contribution in [2.24, 2.45) is 5.92 Å². The number of aliphatic hydroxyl groups excluding tert-OH is 2. The van der Waals surface area contributed by atoms with E-state index >= 15 is 0 Å². The molecule has 2 aromatic carbocycles. The van der Waals surface area contributed by atoms with Gasteiger partial charge in [0, 0.05) is 45.4 Å². The van der Waals surface area contributed by atoms with E-state index in [9.17, 15) is 19.8 Å². The minimum absolute atomic E-state index is 0.0746. The minimum atomic E-state index is -0.925. The van der Waals surface area contributed by atoms with Crippen LogP contribution in [0.3, 0.4) is 0 Å². The van der Waals surface area contributed by atoms with Crippen molar-refractivity contribution in [3.63, 3.8) is 0 Å². The Morgan fingerprint density at radius 2 is 1.79 bits per heavy atom. The lowest BCUT2D eigenvalue weighted by Gasteiger charge is -2.33. The zero-order valence-electron chi connectivity index (χ0n) is 30.4. The van der Waals surface area contributed by atoms with Gasteiger partial charge in [0.15, 0.2) is 0 Å². The van der Waals surface area contributed by atoms with Crippen molar-refractivity contribution in [3.8, 4) is 5.75 Å². The summed E-state index contributed by atoms with van der Waals surface area (Å²) in [4.78, 5) is 31.0. The fourth-order valence-corrected chi connectivity index (χ4v) is 8.05. The fraction of sp³-hybridized carbons (Fsp3) is 0.610. The maximum atomic E-state index is 14.1. The van der Waals surface area contributed by atoms with E-state index < -0.39 is 30.4 Å². The molecule has 2 amide bonds. The Kier molecular flexibility index (Phi) is 14.4. The number of alkyl carbamates (subject to hydrolysis) is 1. The SMILES string of the molecule is O=C(N[C@@H](CC1CCCCC1)[C@@H](O)CCC(=O)N(CC=Cc1ccc(OCCN2CCOCC2)cc1)[C@H]1c2ccccc2C[C@H]1O)O[C@H]1CCOC1. The molecule has 0 bridgehead atoms. The van der Waals surface area contributed by atoms with E-state index in [0.717, 1.165) is 81.0 Å². The van der Waals surface area contributed by atoms with Gasteiger partial charge < -0.3 is 39.4 Å². The lowest BCUT2D eigenvalue weighted by Crippen LogP contribution is -2.46. The van der Waals surface area contributed by atoms with Gasteiger partial charge in [0.05, 0.1) is 50.7 Å². The van der Waals surface area contributed by atoms with Crippen molar-refractivity contribution in [3.05, 3.63) is 71.3 Å². The van der Waals surface area contributed by atoms with E-state index in [2.05, 4.69) is 10.2 Å². The highest BCUT2D eigenvalue weighted by Gasteiger charge is 2.37. The fourth-order valence-electron chi connectivity index (χ4n) is 8.05. The summed E-state index contributed by atoms with van der Waals surface area (Å²) < 4.78 is 22.3. The lowest BCUT2D eigenvalue weighted by molar-refractivity contribution is -0.136. The molecule has 2 aliphatic heterocycles. The molecule has 0 spiro atoms. The predicted octanol–water partition coefficient (Wildman–Crippen LogP) is 4.89. The normalized spacial score (nSPS) is 23.6. The molecule has 3 N–H and O–H groups in total. The van der Waals surface area contributed by atoms with Crippen LogP contribution in [-0.2, 0) is 25.4 Å². The molecule has 2 saturated heterocycles. The first kappa shape index (κ1) is 38.3. The molecular weight excluding hydrogens is 662 g/mol. The summed E-state index contributed by atoms with van der Waals surface area (Å²) in [7, 11) is 0. The van der Waals surface area contributed by atoms with Crippen LogP contribution >= 0.6 is 0 Å². The van der Waals surface area contributed by atoms with Gasteiger partial charge >= 0.3 is 6.09 Å². The molecule has 52 heavy (non-hydrogen) atoms. The van der Waals surface area contributed by atoms with Crippen LogP contribution in [0.5, 0.6) is 5.75 Å². The number of carbonyl (C=O) groups is 2. The van der Waals surface area contributed by atoms with Gasteiger partial charge in [-0.3, -0.25) is 9.69 Å². The number of amides is 2. The first-order valence-electron chi connectivity index (χ1n) is 19.4. The predicted molar refractivity (Wildman–Crippen MR) is 198 cm³/mol. The highest BCUT2D eigenvalue weighted by atomic mass is 16.6. The third-order valence-corrected chi connectivity index (χ3v) is 11.0. The number of hydrogen-bond donors (Lipinski definition) is 3. The molecule has 2 heterocycles. The number of hydrogen-bond acceptors (Lipinski definition) is 9. The lowest BCUT2D eigenvalue weighted by atomic mass is 9.83. The molecule has 3 fully saturated rings. The number of fused-ring (bicyclic) bond motifs is 1. The number of morpholine rings is 1. The standard InChI is InChI=1S/C41H57N3O8/c45-37(36(27-31-7-2-1-3-8-31)42-41(48)52-34-18-23-50-29-34)16-17-39(47)44(40-35-11-5-4-10-32(35)28-38(40)46)19-6-9-30-12-14-33(15-13-30)51-26-22-43-20-24-49-25-21-43/h4-6,9-15,31,34,36-38,40,45-46H,1-3,7-8,16-29H2,(H,42,48)/t34-,36-,37-,38+,40-/m0/s1. The molecule has 0 unspecified atom stereocenters. The van der Waals surface area contributed by atoms with Crippen LogP contribution in [0.25, 0.3) is 6.08 Å². The molecule has 0 radical (unpaired) electrons. The molecule has 1 saturated carbocycles. The summed E-state index contributed by atoms with van der Waals surface area (Å²) in [5, 5.41) is 25.7. The molecule has 6 rings (SSSR count). The summed E-state index contributed by atoms with van der Waals surface area (Å²) in [6.45, 7) is 6.13. The highest BCUT2D eigenvalue weighted by molar-refractivity contribution is 5.77. The number of rotatable bonds is 16. The van der Waals surface area contributed by atoms with Crippen LogP contribution in [0.1, 0.15) is 80.5 Å². The van der Waals surface area contributed by atoms with Crippen LogP contribution in [0.4, 0.5) is 4.79 Å². The average Bonchev–Trinajstić information content (AvgIpc) is 3.80. The molecule has 4 aliphatic rings. The molecule has 2 aromatic rings. The molecule has 11 heteroatoms. The summed E-state index contributed by atoms with van der Waals surface area (Å²) in [5.74, 6) is 1.06. The molecule has 284 valence electrons. The molecule has 11 nitrogen and oxygen atoms in total. The zero-order chi connectivity index (χ0) is 36.1. The Morgan fingerprint density at radius 3 is 2.56 bits per heavy atom. The molecule has 0 aromatic heterocycles. The Morgan fingerprint density at radius 1 is 1.00 bits per heavy atom. The molecule has 5 atom stereocenters. The van der Waals surface area contributed by atoms with E-state index in [1.165, 1.54) is 6.42 Å². The van der Waals surface area contributed by atoms with E-state index in [1.54, 1.807) is 4.90 Å². The Bertz CT molecular complexity index is 1440. The first-order valence-corrected chi connectivity index (χ1v) is 19.4. The number of nitrogens with zero attached hydrogens (tertiary/aromatic N) is 2. The molecule has 2 aliphatic carbocycles. The number of benzene rings is 2. The smallest absolute Gasteiger partial charge is 0.407 e. The van der Waals surface area contributed by atoms with E-state index in [1.807, 2.05) is 60.7 Å². The minimum Gasteiger partial charge on any atom is -0.492 e. The molecular formula is C41H57N3O8. The van der Waals surface area contributed by atoms with Gasteiger partial charge in [-0.25, -0.2) is 4.79 Å². The van der Waals surface area contributed by atoms with Crippen molar-refractivity contribution in [1.82, 2.24) is 15.1 Å². The van der Waals surface area contributed by atoms with Gasteiger partial charge in [-0.05, 0) is 47.6 Å². The van der Waals surface area contributed by atoms with E-state index in [-0.39, 0.29) is 24.9 Å². The van der Waals surface area contributed by atoms with Crippen LogP contribution in [0, 0.1) is 5.92 Å². The monoisotopic (exact) mass is 719 g/mol. The Labute approximate surface area is 308 Å². The number of ether oxygens (including phenoxy) is 4. The van der Waals surface area contributed by atoms with Crippen molar-refractivity contribution in [1.29, 1.82) is 0 Å². The summed E-state index contributed by atoms with van der Waals surface area (Å²) in [6, 6.07) is 14.8. The maximum Gasteiger partial charge on any atom is 0.407 e. The second-order valence-corrected chi connectivity index (χ2v) is 14.7. The summed E-state index contributed by atoms with van der Waals surface area (Å²) in [5.41, 5.74) is 2.96. The van der Waals surface area contributed by atoms with E-state index in [0.29, 0.717) is 51.5 Å². The maximum absolute atomic E-state index is 14.1. The van der Waals surface area contributed by atoms with Gasteiger partial charge in [-0.1, -0.05) is 80.7 Å². The van der Waals surface area contributed by atoms with Crippen LogP contribution in [0.2, 0.25) is 0 Å². The second kappa shape index (κ2) is 19.6. The van der Waals surface area contributed by atoms with Crippen molar-refractivity contribution in [2.75, 3.05) is 59.2 Å². The largest absolute Gasteiger partial charge is 0.492 e. The van der Waals surface area contributed by atoms with Gasteiger partial charge in [-0.2, -0.15) is 0 Å². The van der Waals surface area contributed by atoms with Crippen molar-refractivity contribution in [2.45, 2.75) is 94.6 Å². The number of nitrogens with one attached hydrogen (secondary N) is 1. The van der Waals surface area contributed by atoms with Gasteiger partial charge in [0.2, 0.25) is 5.91 Å². The van der Waals surface area contributed by atoms with Crippen LogP contribution < -0.4 is 10.1 Å². The average molecular weight is 720 g/mol. The number of aliphatic hydroxyl groups is 2. The second-order valence-electron chi connectivity index (χ2n) is 14.7. The summed E-state index contributed by atoms with van der Waals surface area (Å²) in [6.07, 6.45) is 9.12. The van der Waals surface area contributed by atoms with Crippen molar-refractivity contribution < 1.29 is 38.7 Å². The quantitative estimate of drug-likeness (QED) is 0.222. The highest BCUT2D eigenvalue weighted by Crippen LogP contribution is 2.37. The van der Waals surface area contributed by atoms with Crippen LogP contribution in [0.15, 0.2) is 54.6 Å². The van der Waals surface area contributed by atoms with Gasteiger partial charge in [0.25, 0.3) is 0 Å². The van der Waals surface area contributed by atoms with Gasteiger partial charge in [-0.15, -0.1) is 0 Å². The topological polar surface area (TPSA) is 130 Å². The Balaban J connectivity index is 1.08. The third kappa shape index (κ3) is 11.0. The van der Waals surface area contributed by atoms with Crippen LogP contribution in [-0.4, -0.2) is 116 Å². The summed E-state index contributed by atoms with van der Waals surface area (Å²) >= 11 is 0. The first-order chi connectivity index (χ1) is 25.4. The third-order valence-electron chi connectivity index (χ3n) is 11.0. The van der Waals surface area contributed by atoms with Crippen molar-refractivity contribution >= 4 is 18.1 Å². The Hall–Kier alpha value is -3.48. The van der Waals surface area contributed by atoms with E-state index in [4.69, 9.17) is 18.9 Å².